The van der Waals surface area contributed by atoms with Crippen molar-refractivity contribution in [3.63, 3.8) is 0 Å². The van der Waals surface area contributed by atoms with Crippen molar-refractivity contribution in [2.45, 2.75) is 25.1 Å². The molecule has 0 fully saturated rings. The molecule has 0 unspecified atom stereocenters. The summed E-state index contributed by atoms with van der Waals surface area (Å²) in [5.41, 5.74) is -2.65. The van der Waals surface area contributed by atoms with E-state index in [1.165, 1.54) is 0 Å². The SMILES string of the molecule is OC[C@@H](OCc1ccc(Br)cc1)c1cc(C(F)(F)F)cc(C(F)(F)F)c1. The van der Waals surface area contributed by atoms with E-state index >= 15 is 0 Å². The van der Waals surface area contributed by atoms with Crippen LogP contribution in [-0.2, 0) is 23.7 Å². The molecule has 0 spiro atoms. The van der Waals surface area contributed by atoms with E-state index in [0.717, 1.165) is 4.47 Å². The summed E-state index contributed by atoms with van der Waals surface area (Å²) in [6.07, 6.45) is -11.2. The van der Waals surface area contributed by atoms with Crippen LogP contribution in [-0.4, -0.2) is 11.7 Å². The molecule has 0 aliphatic carbocycles. The van der Waals surface area contributed by atoms with Crippen LogP contribution in [0.25, 0.3) is 0 Å². The first-order valence-corrected chi connectivity index (χ1v) is 8.06. The lowest BCUT2D eigenvalue weighted by molar-refractivity contribution is -0.143. The van der Waals surface area contributed by atoms with Crippen molar-refractivity contribution in [3.05, 3.63) is 69.2 Å². The zero-order valence-electron chi connectivity index (χ0n) is 13.0. The van der Waals surface area contributed by atoms with E-state index in [2.05, 4.69) is 15.9 Å². The molecule has 26 heavy (non-hydrogen) atoms. The average molecular weight is 443 g/mol. The summed E-state index contributed by atoms with van der Waals surface area (Å²) in [6.45, 7) is -0.856. The minimum absolute atomic E-state index is 0.0344. The maximum atomic E-state index is 12.9. The van der Waals surface area contributed by atoms with Gasteiger partial charge in [-0.3, -0.25) is 0 Å². The standard InChI is InChI=1S/C17H13BrF6O2/c18-14-3-1-10(2-4-14)9-26-15(8-25)11-5-12(16(19,20)21)7-13(6-11)17(22,23)24/h1-7,15,25H,8-9H2/t15-/m1/s1. The second-order valence-corrected chi connectivity index (χ2v) is 6.36. The van der Waals surface area contributed by atoms with Gasteiger partial charge in [-0.2, -0.15) is 26.3 Å². The average Bonchev–Trinajstić information content (AvgIpc) is 2.55. The molecular weight excluding hydrogens is 430 g/mol. The molecule has 2 aromatic rings. The molecule has 0 bridgehead atoms. The second-order valence-electron chi connectivity index (χ2n) is 5.45. The van der Waals surface area contributed by atoms with Gasteiger partial charge >= 0.3 is 12.4 Å². The van der Waals surface area contributed by atoms with Crippen LogP contribution in [0, 0.1) is 0 Å². The molecule has 0 saturated heterocycles. The van der Waals surface area contributed by atoms with Gasteiger partial charge in [0.2, 0.25) is 0 Å². The quantitative estimate of drug-likeness (QED) is 0.598. The number of hydrogen-bond donors (Lipinski definition) is 1. The highest BCUT2D eigenvalue weighted by Gasteiger charge is 2.37. The molecule has 0 heterocycles. The first kappa shape index (κ1) is 20.7. The molecule has 2 aromatic carbocycles. The lowest BCUT2D eigenvalue weighted by Crippen LogP contribution is -2.15. The van der Waals surface area contributed by atoms with Crippen molar-refractivity contribution in [2.75, 3.05) is 6.61 Å². The smallest absolute Gasteiger partial charge is 0.393 e. The van der Waals surface area contributed by atoms with Crippen molar-refractivity contribution >= 4 is 15.9 Å². The van der Waals surface area contributed by atoms with E-state index < -0.39 is 41.8 Å². The Kier molecular flexibility index (Phi) is 6.36. The monoisotopic (exact) mass is 442 g/mol. The molecule has 0 aliphatic rings. The third kappa shape index (κ3) is 5.46. The van der Waals surface area contributed by atoms with Gasteiger partial charge in [0.15, 0.2) is 0 Å². The Morgan fingerprint density at radius 3 is 1.81 bits per heavy atom. The Labute approximate surface area is 153 Å². The second kappa shape index (κ2) is 7.98. The molecule has 0 saturated carbocycles. The van der Waals surface area contributed by atoms with Crippen LogP contribution in [0.2, 0.25) is 0 Å². The predicted molar refractivity (Wildman–Crippen MR) is 85.2 cm³/mol. The van der Waals surface area contributed by atoms with Gasteiger partial charge in [0.05, 0.1) is 24.3 Å². The largest absolute Gasteiger partial charge is 0.416 e. The number of hydrogen-bond acceptors (Lipinski definition) is 2. The molecule has 1 N–H and O–H groups in total. The summed E-state index contributed by atoms with van der Waals surface area (Å²) in [6, 6.07) is 7.90. The van der Waals surface area contributed by atoms with Gasteiger partial charge in [-0.25, -0.2) is 0 Å². The first-order valence-electron chi connectivity index (χ1n) is 7.27. The molecule has 9 heteroatoms. The number of benzene rings is 2. The van der Waals surface area contributed by atoms with Crippen LogP contribution in [0.3, 0.4) is 0 Å². The Bertz CT molecular complexity index is 708. The van der Waals surface area contributed by atoms with E-state index in [4.69, 9.17) is 4.74 Å². The Balaban J connectivity index is 2.31. The highest BCUT2D eigenvalue weighted by atomic mass is 79.9. The molecule has 2 rings (SSSR count). The van der Waals surface area contributed by atoms with Gasteiger partial charge in [0, 0.05) is 4.47 Å². The van der Waals surface area contributed by atoms with Gasteiger partial charge in [-0.1, -0.05) is 28.1 Å². The molecule has 142 valence electrons. The number of halogens is 7. The fraction of sp³-hybridized carbons (Fsp3) is 0.294. The van der Waals surface area contributed by atoms with Crippen LogP contribution >= 0.6 is 15.9 Å². The summed E-state index contributed by atoms with van der Waals surface area (Å²) in [4.78, 5) is 0. The Morgan fingerprint density at radius 1 is 0.885 bits per heavy atom. The third-order valence-electron chi connectivity index (χ3n) is 3.51. The van der Waals surface area contributed by atoms with Gasteiger partial charge in [0.1, 0.15) is 6.10 Å². The van der Waals surface area contributed by atoms with Crippen molar-refractivity contribution in [1.29, 1.82) is 0 Å². The lowest BCUT2D eigenvalue weighted by atomic mass is 10.0. The molecule has 1 atom stereocenters. The Hall–Kier alpha value is -1.58. The molecule has 2 nitrogen and oxygen atoms in total. The fourth-order valence-electron chi connectivity index (χ4n) is 2.20. The van der Waals surface area contributed by atoms with E-state index in [-0.39, 0.29) is 12.7 Å². The zero-order valence-corrected chi connectivity index (χ0v) is 14.6. The first-order chi connectivity index (χ1) is 12.0. The molecular formula is C17H13BrF6O2. The molecule has 0 amide bonds. The highest BCUT2D eigenvalue weighted by molar-refractivity contribution is 9.10. The fourth-order valence-corrected chi connectivity index (χ4v) is 2.46. The normalized spacial score (nSPS) is 13.7. The maximum absolute atomic E-state index is 12.9. The topological polar surface area (TPSA) is 29.5 Å². The van der Waals surface area contributed by atoms with Crippen LogP contribution in [0.1, 0.15) is 28.4 Å². The number of aliphatic hydroxyl groups is 1. The summed E-state index contributed by atoms with van der Waals surface area (Å²) >= 11 is 3.23. The van der Waals surface area contributed by atoms with E-state index in [9.17, 15) is 31.4 Å². The van der Waals surface area contributed by atoms with Gasteiger partial charge in [0.25, 0.3) is 0 Å². The van der Waals surface area contributed by atoms with Crippen LogP contribution in [0.15, 0.2) is 46.9 Å². The minimum atomic E-state index is -4.96. The number of rotatable bonds is 5. The molecule has 0 aliphatic heterocycles. The lowest BCUT2D eigenvalue weighted by Gasteiger charge is -2.20. The minimum Gasteiger partial charge on any atom is -0.393 e. The van der Waals surface area contributed by atoms with Crippen LogP contribution in [0.5, 0.6) is 0 Å². The third-order valence-corrected chi connectivity index (χ3v) is 4.04. The van der Waals surface area contributed by atoms with Crippen molar-refractivity contribution in [1.82, 2.24) is 0 Å². The van der Waals surface area contributed by atoms with Gasteiger partial charge in [-0.15, -0.1) is 0 Å². The zero-order chi connectivity index (χ0) is 19.5. The van der Waals surface area contributed by atoms with Crippen molar-refractivity contribution < 1.29 is 36.2 Å². The van der Waals surface area contributed by atoms with Gasteiger partial charge in [-0.05, 0) is 41.5 Å². The van der Waals surface area contributed by atoms with E-state index in [1.54, 1.807) is 24.3 Å². The maximum Gasteiger partial charge on any atom is 0.416 e. The number of aliphatic hydroxyl groups excluding tert-OH is 1. The van der Waals surface area contributed by atoms with E-state index in [0.29, 0.717) is 17.7 Å². The van der Waals surface area contributed by atoms with Crippen molar-refractivity contribution in [2.24, 2.45) is 0 Å². The predicted octanol–water partition coefficient (Wildman–Crippen LogP) is 5.74. The number of ether oxygens (including phenoxy) is 1. The van der Waals surface area contributed by atoms with Gasteiger partial charge < -0.3 is 9.84 Å². The molecule has 0 radical (unpaired) electrons. The summed E-state index contributed by atoms with van der Waals surface area (Å²) in [5, 5.41) is 9.39. The van der Waals surface area contributed by atoms with Crippen LogP contribution < -0.4 is 0 Å². The summed E-state index contributed by atoms with van der Waals surface area (Å²) in [5.74, 6) is 0. The number of alkyl halides is 6. The van der Waals surface area contributed by atoms with Crippen LogP contribution in [0.4, 0.5) is 26.3 Å². The van der Waals surface area contributed by atoms with E-state index in [1.807, 2.05) is 0 Å². The Morgan fingerprint density at radius 2 is 1.38 bits per heavy atom. The summed E-state index contributed by atoms with van der Waals surface area (Å²) < 4.78 is 83.6. The molecule has 0 aromatic heterocycles. The van der Waals surface area contributed by atoms with Crippen molar-refractivity contribution in [3.8, 4) is 0 Å². The highest BCUT2D eigenvalue weighted by Crippen LogP contribution is 2.38. The summed E-state index contributed by atoms with van der Waals surface area (Å²) in [7, 11) is 0.